The fourth-order valence-corrected chi connectivity index (χ4v) is 2.37. The van der Waals surface area contributed by atoms with Crippen molar-refractivity contribution in [1.29, 1.82) is 0 Å². The summed E-state index contributed by atoms with van der Waals surface area (Å²) in [5, 5.41) is 3.43. The van der Waals surface area contributed by atoms with Crippen molar-refractivity contribution in [2.45, 2.75) is 52.6 Å². The molecule has 2 rings (SSSR count). The summed E-state index contributed by atoms with van der Waals surface area (Å²) in [6.45, 7) is 7.19. The zero-order valence-electron chi connectivity index (χ0n) is 12.2. The first kappa shape index (κ1) is 14.0. The molecule has 1 aliphatic rings. The second-order valence-corrected chi connectivity index (χ2v) is 5.86. The van der Waals surface area contributed by atoms with Crippen molar-refractivity contribution < 1.29 is 4.74 Å². The van der Waals surface area contributed by atoms with Crippen LogP contribution in [-0.2, 0) is 0 Å². The van der Waals surface area contributed by atoms with E-state index in [1.807, 2.05) is 26.0 Å². The summed E-state index contributed by atoms with van der Waals surface area (Å²) in [7, 11) is 0. The summed E-state index contributed by atoms with van der Waals surface area (Å²) in [5.74, 6) is 1.38. The van der Waals surface area contributed by atoms with Crippen molar-refractivity contribution >= 4 is 11.5 Å². The molecular formula is C15H25N3O. The lowest BCUT2D eigenvalue weighted by molar-refractivity contribution is 0.234. The Bertz CT molecular complexity index is 427. The molecule has 0 aliphatic heterocycles. The van der Waals surface area contributed by atoms with Crippen LogP contribution >= 0.6 is 0 Å². The quantitative estimate of drug-likeness (QED) is 0.791. The lowest BCUT2D eigenvalue weighted by atomic mass is 10.0. The molecule has 0 saturated heterocycles. The van der Waals surface area contributed by atoms with E-state index in [1.54, 1.807) is 0 Å². The van der Waals surface area contributed by atoms with Gasteiger partial charge in [0.1, 0.15) is 5.82 Å². The zero-order valence-corrected chi connectivity index (χ0v) is 12.2. The Balaban J connectivity index is 1.97. The average molecular weight is 263 g/mol. The van der Waals surface area contributed by atoms with Crippen molar-refractivity contribution in [3.05, 3.63) is 12.1 Å². The number of nitrogens with one attached hydrogen (secondary N) is 1. The topological polar surface area (TPSA) is 60.2 Å². The molecule has 0 atom stereocenters. The Labute approximate surface area is 115 Å². The third kappa shape index (κ3) is 3.75. The molecule has 0 radical (unpaired) electrons. The van der Waals surface area contributed by atoms with E-state index >= 15 is 0 Å². The van der Waals surface area contributed by atoms with E-state index in [1.165, 1.54) is 25.7 Å². The van der Waals surface area contributed by atoms with Crippen LogP contribution in [0.5, 0.6) is 5.88 Å². The number of nitrogens with zero attached hydrogens (tertiary/aromatic N) is 1. The SMILES string of the molecule is CCCC1(CNc2ccc(N)c(OC(C)C)n2)CC1. The smallest absolute Gasteiger partial charge is 0.239 e. The highest BCUT2D eigenvalue weighted by atomic mass is 16.5. The molecule has 1 aromatic heterocycles. The van der Waals surface area contributed by atoms with Crippen LogP contribution in [0.25, 0.3) is 0 Å². The number of nitrogen functional groups attached to an aromatic ring is 1. The third-order valence-corrected chi connectivity index (χ3v) is 3.62. The molecule has 0 spiro atoms. The van der Waals surface area contributed by atoms with E-state index in [2.05, 4.69) is 17.2 Å². The minimum absolute atomic E-state index is 0.0833. The number of anilines is 2. The molecule has 1 aliphatic carbocycles. The highest BCUT2D eigenvalue weighted by Gasteiger charge is 2.41. The minimum Gasteiger partial charge on any atom is -0.473 e. The van der Waals surface area contributed by atoms with Crippen LogP contribution in [0.4, 0.5) is 11.5 Å². The van der Waals surface area contributed by atoms with E-state index in [-0.39, 0.29) is 6.10 Å². The fourth-order valence-electron chi connectivity index (χ4n) is 2.37. The largest absolute Gasteiger partial charge is 0.473 e. The molecule has 0 bridgehead atoms. The van der Waals surface area contributed by atoms with Crippen molar-refractivity contribution in [3.63, 3.8) is 0 Å². The number of ether oxygens (including phenoxy) is 1. The summed E-state index contributed by atoms with van der Waals surface area (Å²) in [5.41, 5.74) is 6.97. The van der Waals surface area contributed by atoms with Gasteiger partial charge in [-0.2, -0.15) is 4.98 Å². The third-order valence-electron chi connectivity index (χ3n) is 3.62. The maximum atomic E-state index is 5.86. The molecule has 106 valence electrons. The molecule has 4 heteroatoms. The average Bonchev–Trinajstić information content (AvgIpc) is 3.10. The monoisotopic (exact) mass is 263 g/mol. The number of hydrogen-bond donors (Lipinski definition) is 2. The van der Waals surface area contributed by atoms with Gasteiger partial charge in [-0.05, 0) is 50.7 Å². The highest BCUT2D eigenvalue weighted by Crippen LogP contribution is 2.49. The Hall–Kier alpha value is -1.45. The highest BCUT2D eigenvalue weighted by molar-refractivity contribution is 5.53. The first-order valence-corrected chi connectivity index (χ1v) is 7.22. The molecule has 1 saturated carbocycles. The predicted molar refractivity (Wildman–Crippen MR) is 79.5 cm³/mol. The molecule has 4 nitrogen and oxygen atoms in total. The summed E-state index contributed by atoms with van der Waals surface area (Å²) >= 11 is 0. The standard InChI is InChI=1S/C15H25N3O/c1-4-7-15(8-9-15)10-17-13-6-5-12(16)14(18-13)19-11(2)3/h5-6,11H,4,7-10,16H2,1-3H3,(H,17,18). The van der Waals surface area contributed by atoms with Crippen LogP contribution in [0, 0.1) is 5.41 Å². The number of nitrogens with two attached hydrogens (primary N) is 1. The summed E-state index contributed by atoms with van der Waals surface area (Å²) < 4.78 is 5.60. The zero-order chi connectivity index (χ0) is 13.9. The number of rotatable bonds is 7. The van der Waals surface area contributed by atoms with Gasteiger partial charge in [0.15, 0.2) is 0 Å². The van der Waals surface area contributed by atoms with Crippen molar-refractivity contribution in [2.75, 3.05) is 17.6 Å². The fraction of sp³-hybridized carbons (Fsp3) is 0.667. The van der Waals surface area contributed by atoms with Gasteiger partial charge in [0.2, 0.25) is 5.88 Å². The van der Waals surface area contributed by atoms with E-state index in [4.69, 9.17) is 10.5 Å². The van der Waals surface area contributed by atoms with Gasteiger partial charge >= 0.3 is 0 Å². The summed E-state index contributed by atoms with van der Waals surface area (Å²) in [6.07, 6.45) is 5.29. The Morgan fingerprint density at radius 2 is 2.16 bits per heavy atom. The summed E-state index contributed by atoms with van der Waals surface area (Å²) in [6, 6.07) is 3.77. The van der Waals surface area contributed by atoms with Gasteiger partial charge in [-0.15, -0.1) is 0 Å². The maximum Gasteiger partial charge on any atom is 0.239 e. The Morgan fingerprint density at radius 1 is 1.42 bits per heavy atom. The van der Waals surface area contributed by atoms with Crippen LogP contribution < -0.4 is 15.8 Å². The van der Waals surface area contributed by atoms with Crippen molar-refractivity contribution in [1.82, 2.24) is 4.98 Å². The van der Waals surface area contributed by atoms with Crippen molar-refractivity contribution in [3.8, 4) is 5.88 Å². The molecule has 3 N–H and O–H groups in total. The van der Waals surface area contributed by atoms with E-state index < -0.39 is 0 Å². The Morgan fingerprint density at radius 3 is 2.74 bits per heavy atom. The van der Waals surface area contributed by atoms with Crippen LogP contribution in [0.1, 0.15) is 46.5 Å². The van der Waals surface area contributed by atoms with E-state index in [9.17, 15) is 0 Å². The molecule has 0 amide bonds. The van der Waals surface area contributed by atoms with E-state index in [0.29, 0.717) is 17.0 Å². The first-order valence-electron chi connectivity index (χ1n) is 7.22. The van der Waals surface area contributed by atoms with Gasteiger partial charge in [-0.3, -0.25) is 0 Å². The maximum absolute atomic E-state index is 5.86. The van der Waals surface area contributed by atoms with Gasteiger partial charge < -0.3 is 15.8 Å². The van der Waals surface area contributed by atoms with Gasteiger partial charge in [0.05, 0.1) is 11.8 Å². The molecule has 1 aromatic rings. The van der Waals surface area contributed by atoms with Gasteiger partial charge in [-0.1, -0.05) is 13.3 Å². The molecular weight excluding hydrogens is 238 g/mol. The van der Waals surface area contributed by atoms with Crippen LogP contribution in [0.15, 0.2) is 12.1 Å². The molecule has 1 fully saturated rings. The predicted octanol–water partition coefficient (Wildman–Crippen LogP) is 3.44. The second kappa shape index (κ2) is 5.68. The van der Waals surface area contributed by atoms with E-state index in [0.717, 1.165) is 12.4 Å². The molecule has 19 heavy (non-hydrogen) atoms. The minimum atomic E-state index is 0.0833. The first-order chi connectivity index (χ1) is 9.04. The number of pyridine rings is 1. The lowest BCUT2D eigenvalue weighted by Crippen LogP contribution is -2.16. The van der Waals surface area contributed by atoms with Crippen LogP contribution in [-0.4, -0.2) is 17.6 Å². The molecule has 1 heterocycles. The van der Waals surface area contributed by atoms with Gasteiger partial charge in [0.25, 0.3) is 0 Å². The van der Waals surface area contributed by atoms with Crippen LogP contribution in [0.3, 0.4) is 0 Å². The molecule has 0 aromatic carbocycles. The second-order valence-electron chi connectivity index (χ2n) is 5.86. The molecule has 0 unspecified atom stereocenters. The van der Waals surface area contributed by atoms with Crippen LogP contribution in [0.2, 0.25) is 0 Å². The lowest BCUT2D eigenvalue weighted by Gasteiger charge is -2.17. The van der Waals surface area contributed by atoms with Gasteiger partial charge in [-0.25, -0.2) is 0 Å². The summed E-state index contributed by atoms with van der Waals surface area (Å²) in [4.78, 5) is 4.45. The Kier molecular flexibility index (Phi) is 4.17. The normalized spacial score (nSPS) is 16.4. The van der Waals surface area contributed by atoms with Crippen molar-refractivity contribution in [2.24, 2.45) is 5.41 Å². The number of aromatic nitrogens is 1. The number of hydrogen-bond acceptors (Lipinski definition) is 4. The van der Waals surface area contributed by atoms with Gasteiger partial charge in [0, 0.05) is 6.54 Å².